The number of anilines is 8. The molecule has 39 nitrogen and oxygen atoms in total. The number of ether oxygens (including phenoxy) is 4. The van der Waals surface area contributed by atoms with E-state index in [1.54, 1.807) is 79.7 Å². The van der Waals surface area contributed by atoms with E-state index in [1.807, 2.05) is 0 Å². The molecule has 0 saturated heterocycles. The van der Waals surface area contributed by atoms with Crippen molar-refractivity contribution in [2.75, 3.05) is 165 Å². The molecule has 0 aliphatic carbocycles. The molecule has 0 radical (unpaired) electrons. The molecule has 43 heteroatoms. The number of thioether (sulfide) groups is 4. The van der Waals surface area contributed by atoms with Gasteiger partial charge in [0.2, 0.25) is 5.91 Å². The van der Waals surface area contributed by atoms with Crippen LogP contribution >= 0.6 is 47.0 Å². The van der Waals surface area contributed by atoms with Gasteiger partial charge in [-0.25, -0.2) is 4.79 Å². The number of nitrogen functional groups attached to an aromatic ring is 2. The van der Waals surface area contributed by atoms with Crippen molar-refractivity contribution in [3.8, 4) is 23.0 Å². The zero-order valence-electron chi connectivity index (χ0n) is 64.4. The highest BCUT2D eigenvalue weighted by Gasteiger charge is 2.28. The molecule has 0 heterocycles. The molecule has 0 aliphatic heterocycles. The second-order valence-electron chi connectivity index (χ2n) is 24.2. The van der Waals surface area contributed by atoms with Crippen LogP contribution in [0.5, 0.6) is 23.0 Å². The van der Waals surface area contributed by atoms with Crippen molar-refractivity contribution in [1.82, 2.24) is 10.6 Å². The summed E-state index contributed by atoms with van der Waals surface area (Å²) in [5.41, 5.74) is 93.9. The molecule has 0 fully saturated rings. The van der Waals surface area contributed by atoms with E-state index in [4.69, 9.17) is 111 Å². The van der Waals surface area contributed by atoms with Gasteiger partial charge in [-0.2, -0.15) is 0 Å². The van der Waals surface area contributed by atoms with Crippen LogP contribution in [0.2, 0.25) is 0 Å². The van der Waals surface area contributed by atoms with Gasteiger partial charge < -0.3 is 153 Å². The summed E-state index contributed by atoms with van der Waals surface area (Å²) in [6.45, 7) is 8.46. The summed E-state index contributed by atoms with van der Waals surface area (Å²) in [6.07, 6.45) is 1.97. The minimum absolute atomic E-state index is 0. The summed E-state index contributed by atoms with van der Waals surface area (Å²) in [4.78, 5) is 105. The summed E-state index contributed by atoms with van der Waals surface area (Å²) in [5, 5.41) is 23.2. The number of guanidine groups is 4. The van der Waals surface area contributed by atoms with Crippen LogP contribution in [0.4, 0.5) is 50.3 Å². The van der Waals surface area contributed by atoms with Gasteiger partial charge in [-0.05, 0) is 86.8 Å². The molecule has 0 aliphatic rings. The lowest BCUT2D eigenvalue weighted by atomic mass is 10.1. The maximum Gasteiger partial charge on any atom is 0.319 e. The lowest BCUT2D eigenvalue weighted by Gasteiger charge is -2.20. The Morgan fingerprint density at radius 3 is 1.15 bits per heavy atom. The van der Waals surface area contributed by atoms with Crippen LogP contribution in [0.3, 0.4) is 0 Å². The summed E-state index contributed by atoms with van der Waals surface area (Å²) < 4.78 is 23.8. The number of nitrogens with two attached hydrogens (primary N) is 16. The maximum atomic E-state index is 14.3. The first-order valence-electron chi connectivity index (χ1n) is 36.2. The minimum Gasteiger partial charge on any atom is -0.491 e. The second-order valence-corrected chi connectivity index (χ2v) is 28.6. The second kappa shape index (κ2) is 53.1. The average Bonchev–Trinajstić information content (AvgIpc) is 0.786. The molecule has 0 spiro atoms. The van der Waals surface area contributed by atoms with Gasteiger partial charge in [0, 0.05) is 105 Å². The smallest absolute Gasteiger partial charge is 0.319 e. The number of benzene rings is 6. The maximum absolute atomic E-state index is 14.3. The van der Waals surface area contributed by atoms with Crippen molar-refractivity contribution < 1.29 is 47.7 Å². The third-order valence-electron chi connectivity index (χ3n) is 15.0. The molecule has 6 rings (SSSR count). The van der Waals surface area contributed by atoms with Gasteiger partial charge in [0.15, 0.2) is 23.8 Å². The lowest BCUT2D eigenvalue weighted by molar-refractivity contribution is -0.116. The van der Waals surface area contributed by atoms with Crippen molar-refractivity contribution in [3.63, 3.8) is 0 Å². The van der Waals surface area contributed by atoms with Crippen LogP contribution in [0.15, 0.2) is 154 Å². The number of rotatable bonds is 48. The highest BCUT2D eigenvalue weighted by molar-refractivity contribution is 8.00. The van der Waals surface area contributed by atoms with Gasteiger partial charge >= 0.3 is 6.03 Å². The number of aliphatic imine (C=N–C) groups is 5. The standard InChI is InChI=1S/C40H60N14O6S2.C33H47N15O4S2.CH4/c1-25(45)48-17-6-18-50-40(58)54-31-10-5-9-30(36(31)62-22-15-44)53-38(57)27-23-26(32(59-19-12-41)24-33(27)60-20-13-42)37(56)52-29-8-4-7-28(35(29)61-21-14-43)51-34(55)11-2-3-16-49-39(46)47;1-18(34)43-10-14-53-27-21(35)4-2-6-23(27)47-29(49)19-16-20(26(52-13-9-45-32(39)40)17-25(19)51-12-8-44-31(37)38)30(50)48-24-7-3-5-22(36)28(24)54-15-11-46-33(41)42;/h4-5,7-10,23-24H,2-3,6,11-22,41-44H2,1H3,(H2,45,48)(H,51,55)(H,52,56)(H,53,57)(H4,46,47,49)(H2,50,54,58);2-7,16-17,43H,1,8-15,34-36H2,(H,47,49)(H,48,50)(H4,37,38,44)(H4,39,40,45)(H4,41,42,46);1H4. The Morgan fingerprint density at radius 2 is 0.744 bits per heavy atom. The molecule has 40 N–H and O–H groups in total. The number of hydrogen-bond donors (Lipinski definition) is 24. The van der Waals surface area contributed by atoms with Crippen molar-refractivity contribution in [2.45, 2.75) is 59.6 Å². The van der Waals surface area contributed by atoms with Gasteiger partial charge in [0.05, 0.1) is 107 Å². The fourth-order valence-electron chi connectivity index (χ4n) is 10.0. The van der Waals surface area contributed by atoms with Crippen LogP contribution < -0.4 is 153 Å². The van der Waals surface area contributed by atoms with E-state index in [2.05, 4.69) is 74.1 Å². The molecule has 0 aromatic heterocycles. The van der Waals surface area contributed by atoms with Crippen molar-refractivity contribution in [2.24, 2.45) is 105 Å². The molecule has 0 saturated carbocycles. The van der Waals surface area contributed by atoms with Gasteiger partial charge in [0.25, 0.3) is 23.6 Å². The Hall–Kier alpha value is -12.1. The largest absolute Gasteiger partial charge is 0.491 e. The van der Waals surface area contributed by atoms with E-state index in [0.29, 0.717) is 165 Å². The van der Waals surface area contributed by atoms with Crippen molar-refractivity contribution in [3.05, 3.63) is 132 Å². The van der Waals surface area contributed by atoms with E-state index in [0.717, 1.165) is 0 Å². The Bertz CT molecular complexity index is 4300. The van der Waals surface area contributed by atoms with Crippen LogP contribution in [0.25, 0.3) is 0 Å². The van der Waals surface area contributed by atoms with Gasteiger partial charge in [0.1, 0.15) is 49.4 Å². The molecule has 6 aromatic carbocycles. The van der Waals surface area contributed by atoms with Crippen molar-refractivity contribution >= 4 is 158 Å². The van der Waals surface area contributed by atoms with E-state index in [-0.39, 0.29) is 141 Å². The Kier molecular flexibility index (Phi) is 44.1. The first kappa shape index (κ1) is 97.2. The molecule has 636 valence electrons. The Balaban J connectivity index is 0.000000493. The predicted molar refractivity (Wildman–Crippen MR) is 477 cm³/mol. The molecule has 0 atom stereocenters. The monoisotopic (exact) mass is 1690 g/mol. The molecule has 7 amide bonds. The summed E-state index contributed by atoms with van der Waals surface area (Å²) >= 11 is 5.44. The summed E-state index contributed by atoms with van der Waals surface area (Å²) in [6, 6.07) is 25.5. The van der Waals surface area contributed by atoms with Crippen molar-refractivity contribution in [1.29, 1.82) is 0 Å². The average molecular weight is 1700 g/mol. The molecule has 6 aromatic rings. The Morgan fingerprint density at radius 1 is 0.385 bits per heavy atom. The summed E-state index contributed by atoms with van der Waals surface area (Å²) in [7, 11) is 0. The van der Waals surface area contributed by atoms with Crippen LogP contribution in [0.1, 0.15) is 81.5 Å². The fraction of sp³-hybridized carbons (Fsp3) is 0.338. The lowest BCUT2D eigenvalue weighted by Crippen LogP contribution is -2.30. The number of unbranched alkanes of at least 4 members (excludes halogenated alkanes) is 1. The first-order chi connectivity index (χ1) is 55.7. The Labute approximate surface area is 696 Å². The minimum atomic E-state index is -0.634. The normalized spacial score (nSPS) is 10.6. The third-order valence-corrected chi connectivity index (χ3v) is 19.6. The number of nitrogens with zero attached hydrogens (tertiary/aromatic N) is 5. The van der Waals surface area contributed by atoms with Crippen LogP contribution in [0, 0.1) is 0 Å². The van der Waals surface area contributed by atoms with E-state index in [9.17, 15) is 28.8 Å². The van der Waals surface area contributed by atoms with Crippen LogP contribution in [-0.4, -0.2) is 187 Å². The number of carbonyl (C=O) groups is 6. The first-order valence-corrected chi connectivity index (χ1v) is 40.1. The number of hydrogen-bond acceptors (Lipinski definition) is 27. The SMILES string of the molecule is C.C=C(N)NCCSc1c(N)cccc1NC(=O)c1cc(C(=O)Nc2cccc(N)c2SCCN=C(N)N)c(OCCN=C(N)N)cc1OCCN=C(N)N.CC(N)=NCCCNC(=O)Nc1cccc(NC(=O)c2cc(C(=O)Nc3cccc(NC(=O)CCCCN=C(N)N)c3SCCN)c(OCCN)cc2OCCN)c1SCCN. The highest BCUT2D eigenvalue weighted by atomic mass is 32.2. The number of amidine groups is 1. The van der Waals surface area contributed by atoms with Gasteiger partial charge in [-0.1, -0.05) is 38.3 Å². The van der Waals surface area contributed by atoms with Gasteiger partial charge in [-0.15, -0.1) is 47.0 Å². The molecule has 0 bridgehead atoms. The molecular formula is C74H111N29O10S4. The zero-order chi connectivity index (χ0) is 84.9. The number of urea groups is 1. The fourth-order valence-corrected chi connectivity index (χ4v) is 13.6. The third kappa shape index (κ3) is 34.8. The van der Waals surface area contributed by atoms with Crippen LogP contribution in [-0.2, 0) is 4.79 Å². The van der Waals surface area contributed by atoms with E-state index < -0.39 is 29.7 Å². The number of carbonyl (C=O) groups excluding carboxylic acids is 6. The number of amides is 7. The number of nitrogens with one attached hydrogen (secondary N) is 8. The highest BCUT2D eigenvalue weighted by Crippen LogP contribution is 2.41. The summed E-state index contributed by atoms with van der Waals surface area (Å²) in [5.74, 6) is 0.0142. The predicted octanol–water partition coefficient (Wildman–Crippen LogP) is 3.01. The zero-order valence-corrected chi connectivity index (χ0v) is 67.7. The quantitative estimate of drug-likeness (QED) is 0.00858. The van der Waals surface area contributed by atoms with E-state index >= 15 is 0 Å². The van der Waals surface area contributed by atoms with Gasteiger partial charge in [-0.3, -0.25) is 48.9 Å². The molecule has 0 unspecified atom stereocenters. The van der Waals surface area contributed by atoms with E-state index in [1.165, 1.54) is 71.3 Å². The topological polar surface area (TPSA) is 714 Å². The molecule has 117 heavy (non-hydrogen) atoms. The molecular weight excluding hydrogens is 1580 g/mol.